The van der Waals surface area contributed by atoms with Crippen LogP contribution in [0, 0.1) is 0 Å². The van der Waals surface area contributed by atoms with Gasteiger partial charge in [0.1, 0.15) is 0 Å². The highest BCUT2D eigenvalue weighted by Gasteiger charge is 2.08. The minimum absolute atomic E-state index is 0.580. The van der Waals surface area contributed by atoms with Crippen molar-refractivity contribution in [2.24, 2.45) is 0 Å². The van der Waals surface area contributed by atoms with E-state index >= 15 is 0 Å². The monoisotopic (exact) mass is 267 g/mol. The van der Waals surface area contributed by atoms with Crippen molar-refractivity contribution < 1.29 is 0 Å². The minimum Gasteiger partial charge on any atom is -0.382 e. The molecule has 0 fully saturated rings. The molecule has 0 bridgehead atoms. The average molecular weight is 267 g/mol. The molecule has 1 heteroatoms. The van der Waals surface area contributed by atoms with E-state index in [0.717, 1.165) is 6.42 Å². The molecule has 106 valence electrons. The molecule has 0 aromatic heterocycles. The molecule has 20 heavy (non-hydrogen) atoms. The third-order valence-corrected chi connectivity index (χ3v) is 3.74. The van der Waals surface area contributed by atoms with E-state index in [9.17, 15) is 0 Å². The molecule has 2 aromatic rings. The standard InChI is InChI=1S/C19H25N/c1-3-10-18(4-2)20-19-14-9-8-13-17(19)15-16-11-6-5-7-12-16/h5-9,11-14,18,20H,3-4,10,15H2,1-2H3. The maximum atomic E-state index is 3.72. The van der Waals surface area contributed by atoms with Crippen molar-refractivity contribution in [2.45, 2.75) is 45.6 Å². The van der Waals surface area contributed by atoms with Gasteiger partial charge in [0.2, 0.25) is 0 Å². The van der Waals surface area contributed by atoms with Gasteiger partial charge < -0.3 is 5.32 Å². The first-order valence-electron chi connectivity index (χ1n) is 7.71. The van der Waals surface area contributed by atoms with Gasteiger partial charge in [-0.2, -0.15) is 0 Å². The summed E-state index contributed by atoms with van der Waals surface area (Å²) >= 11 is 0. The molecule has 0 aliphatic rings. The van der Waals surface area contributed by atoms with Crippen LogP contribution in [-0.4, -0.2) is 6.04 Å². The molecule has 0 amide bonds. The lowest BCUT2D eigenvalue weighted by atomic mass is 10.0. The van der Waals surface area contributed by atoms with Crippen molar-refractivity contribution in [3.63, 3.8) is 0 Å². The lowest BCUT2D eigenvalue weighted by Crippen LogP contribution is -2.18. The quantitative estimate of drug-likeness (QED) is 0.720. The Hall–Kier alpha value is -1.76. The number of anilines is 1. The summed E-state index contributed by atoms with van der Waals surface area (Å²) in [6, 6.07) is 19.9. The maximum absolute atomic E-state index is 3.72. The zero-order valence-corrected chi connectivity index (χ0v) is 12.6. The van der Waals surface area contributed by atoms with Crippen LogP contribution in [0.1, 0.15) is 44.2 Å². The smallest absolute Gasteiger partial charge is 0.0378 e. The molecule has 1 unspecified atom stereocenters. The molecule has 0 radical (unpaired) electrons. The molecule has 1 atom stereocenters. The van der Waals surface area contributed by atoms with E-state index in [1.807, 2.05) is 0 Å². The summed E-state index contributed by atoms with van der Waals surface area (Å²) < 4.78 is 0. The second-order valence-corrected chi connectivity index (χ2v) is 5.36. The summed E-state index contributed by atoms with van der Waals surface area (Å²) in [6.07, 6.45) is 4.63. The number of hydrogen-bond acceptors (Lipinski definition) is 1. The average Bonchev–Trinajstić information content (AvgIpc) is 2.49. The van der Waals surface area contributed by atoms with E-state index in [2.05, 4.69) is 73.8 Å². The van der Waals surface area contributed by atoms with Gasteiger partial charge in [-0.05, 0) is 36.5 Å². The first-order chi connectivity index (χ1) is 9.83. The molecule has 0 aliphatic carbocycles. The molecule has 0 saturated heterocycles. The van der Waals surface area contributed by atoms with Crippen LogP contribution in [-0.2, 0) is 6.42 Å². The van der Waals surface area contributed by atoms with E-state index in [4.69, 9.17) is 0 Å². The number of rotatable bonds is 7. The van der Waals surface area contributed by atoms with Crippen LogP contribution < -0.4 is 5.32 Å². The Balaban J connectivity index is 2.13. The molecule has 0 saturated carbocycles. The summed E-state index contributed by atoms with van der Waals surface area (Å²) in [5, 5.41) is 3.72. The highest BCUT2D eigenvalue weighted by Crippen LogP contribution is 2.21. The van der Waals surface area contributed by atoms with Crippen LogP contribution in [0.2, 0.25) is 0 Å². The van der Waals surface area contributed by atoms with E-state index in [1.165, 1.54) is 36.1 Å². The van der Waals surface area contributed by atoms with Crippen LogP contribution in [0.25, 0.3) is 0 Å². The second kappa shape index (κ2) is 7.74. The number of nitrogens with one attached hydrogen (secondary N) is 1. The first-order valence-corrected chi connectivity index (χ1v) is 7.71. The number of benzene rings is 2. The maximum Gasteiger partial charge on any atom is 0.0378 e. The summed E-state index contributed by atoms with van der Waals surface area (Å²) in [5.74, 6) is 0. The predicted molar refractivity (Wildman–Crippen MR) is 88.3 cm³/mol. The Morgan fingerprint density at radius 1 is 0.900 bits per heavy atom. The molecule has 0 aliphatic heterocycles. The van der Waals surface area contributed by atoms with E-state index in [1.54, 1.807) is 0 Å². The summed E-state index contributed by atoms with van der Waals surface area (Å²) in [6.45, 7) is 4.51. The minimum atomic E-state index is 0.580. The summed E-state index contributed by atoms with van der Waals surface area (Å²) in [5.41, 5.74) is 4.04. The van der Waals surface area contributed by atoms with Crippen LogP contribution >= 0.6 is 0 Å². The molecule has 0 spiro atoms. The fourth-order valence-corrected chi connectivity index (χ4v) is 2.58. The summed E-state index contributed by atoms with van der Waals surface area (Å²) in [7, 11) is 0. The Morgan fingerprint density at radius 3 is 2.30 bits per heavy atom. The van der Waals surface area contributed by atoms with Gasteiger partial charge in [-0.3, -0.25) is 0 Å². The van der Waals surface area contributed by atoms with Crippen LogP contribution in [0.3, 0.4) is 0 Å². The van der Waals surface area contributed by atoms with Crippen molar-refractivity contribution in [1.82, 2.24) is 0 Å². The Labute approximate surface area is 123 Å². The van der Waals surface area contributed by atoms with E-state index in [-0.39, 0.29) is 0 Å². The van der Waals surface area contributed by atoms with Gasteiger partial charge in [-0.1, -0.05) is 68.8 Å². The second-order valence-electron chi connectivity index (χ2n) is 5.36. The Bertz CT molecular complexity index is 504. The van der Waals surface area contributed by atoms with Gasteiger partial charge >= 0.3 is 0 Å². The molecular formula is C19H25N. The third-order valence-electron chi connectivity index (χ3n) is 3.74. The normalized spacial score (nSPS) is 12.1. The van der Waals surface area contributed by atoms with Gasteiger partial charge in [-0.15, -0.1) is 0 Å². The van der Waals surface area contributed by atoms with Crippen LogP contribution in [0.15, 0.2) is 54.6 Å². The predicted octanol–water partition coefficient (Wildman–Crippen LogP) is 5.27. The van der Waals surface area contributed by atoms with Crippen molar-refractivity contribution >= 4 is 5.69 Å². The zero-order valence-electron chi connectivity index (χ0n) is 12.6. The van der Waals surface area contributed by atoms with Crippen molar-refractivity contribution in [2.75, 3.05) is 5.32 Å². The summed E-state index contributed by atoms with van der Waals surface area (Å²) in [4.78, 5) is 0. The highest BCUT2D eigenvalue weighted by molar-refractivity contribution is 5.53. The SMILES string of the molecule is CCCC(CC)Nc1ccccc1Cc1ccccc1. The lowest BCUT2D eigenvalue weighted by Gasteiger charge is -2.20. The molecule has 0 heterocycles. The topological polar surface area (TPSA) is 12.0 Å². The third kappa shape index (κ3) is 4.12. The fraction of sp³-hybridized carbons (Fsp3) is 0.368. The largest absolute Gasteiger partial charge is 0.382 e. The number of hydrogen-bond donors (Lipinski definition) is 1. The van der Waals surface area contributed by atoms with Gasteiger partial charge in [0.15, 0.2) is 0 Å². The van der Waals surface area contributed by atoms with Crippen molar-refractivity contribution in [1.29, 1.82) is 0 Å². The van der Waals surface area contributed by atoms with Crippen LogP contribution in [0.4, 0.5) is 5.69 Å². The Kier molecular flexibility index (Phi) is 5.67. The Morgan fingerprint density at radius 2 is 1.60 bits per heavy atom. The van der Waals surface area contributed by atoms with Crippen LogP contribution in [0.5, 0.6) is 0 Å². The number of para-hydroxylation sites is 1. The van der Waals surface area contributed by atoms with Gasteiger partial charge in [0.25, 0.3) is 0 Å². The van der Waals surface area contributed by atoms with E-state index in [0.29, 0.717) is 6.04 Å². The van der Waals surface area contributed by atoms with Gasteiger partial charge in [0, 0.05) is 11.7 Å². The molecule has 2 rings (SSSR count). The lowest BCUT2D eigenvalue weighted by molar-refractivity contribution is 0.622. The molecular weight excluding hydrogens is 242 g/mol. The van der Waals surface area contributed by atoms with Gasteiger partial charge in [-0.25, -0.2) is 0 Å². The fourth-order valence-electron chi connectivity index (χ4n) is 2.58. The molecule has 2 aromatic carbocycles. The van der Waals surface area contributed by atoms with Gasteiger partial charge in [0.05, 0.1) is 0 Å². The van der Waals surface area contributed by atoms with E-state index < -0.39 is 0 Å². The van der Waals surface area contributed by atoms with Crippen molar-refractivity contribution in [3.05, 3.63) is 65.7 Å². The first kappa shape index (κ1) is 14.6. The highest BCUT2D eigenvalue weighted by atomic mass is 14.9. The molecule has 1 N–H and O–H groups in total. The zero-order chi connectivity index (χ0) is 14.2. The molecule has 1 nitrogen and oxygen atoms in total. The van der Waals surface area contributed by atoms with Crippen molar-refractivity contribution in [3.8, 4) is 0 Å².